The lowest BCUT2D eigenvalue weighted by molar-refractivity contribution is -0.384. The first-order valence-corrected chi connectivity index (χ1v) is 5.51. The molecule has 17 heavy (non-hydrogen) atoms. The average molecular weight is 276 g/mol. The number of hydrogen-bond acceptors (Lipinski definition) is 4. The van der Waals surface area contributed by atoms with Crippen molar-refractivity contribution in [3.63, 3.8) is 0 Å². The predicted molar refractivity (Wildman–Crippen MR) is 61.2 cm³/mol. The van der Waals surface area contributed by atoms with Gasteiger partial charge < -0.3 is 4.74 Å². The van der Waals surface area contributed by atoms with E-state index in [-0.39, 0.29) is 15.7 Å². The molecule has 1 aliphatic carbocycles. The summed E-state index contributed by atoms with van der Waals surface area (Å²) in [5.74, 6) is 0. The van der Waals surface area contributed by atoms with Crippen LogP contribution >= 0.6 is 23.2 Å². The minimum Gasteiger partial charge on any atom is -0.456 e. The molecule has 2 rings (SSSR count). The number of carbonyl (C=O) groups is 1. The Hall–Kier alpha value is -1.33. The number of hydrogen-bond donors (Lipinski definition) is 0. The molecule has 7 heteroatoms. The normalized spacial score (nSPS) is 16.4. The van der Waals surface area contributed by atoms with Crippen molar-refractivity contribution in [2.45, 2.75) is 18.4 Å². The second-order valence-corrected chi connectivity index (χ2v) is 4.56. The summed E-state index contributed by atoms with van der Waals surface area (Å²) in [7, 11) is 0. The third kappa shape index (κ3) is 2.08. The van der Waals surface area contributed by atoms with Crippen LogP contribution in [0.4, 0.5) is 5.69 Å². The van der Waals surface area contributed by atoms with Crippen molar-refractivity contribution in [1.82, 2.24) is 0 Å². The molecule has 0 radical (unpaired) electrons. The van der Waals surface area contributed by atoms with Gasteiger partial charge in [0.1, 0.15) is 5.60 Å². The molecule has 0 unspecified atom stereocenters. The van der Waals surface area contributed by atoms with E-state index in [1.54, 1.807) is 0 Å². The lowest BCUT2D eigenvalue weighted by Crippen LogP contribution is -2.12. The number of nitro groups is 1. The summed E-state index contributed by atoms with van der Waals surface area (Å²) in [6, 6.07) is 2.41. The summed E-state index contributed by atoms with van der Waals surface area (Å²) >= 11 is 11.9. The molecule has 1 aromatic carbocycles. The monoisotopic (exact) mass is 275 g/mol. The zero-order valence-electron chi connectivity index (χ0n) is 8.48. The van der Waals surface area contributed by atoms with Gasteiger partial charge in [0.2, 0.25) is 0 Å². The third-order valence-electron chi connectivity index (χ3n) is 2.67. The lowest BCUT2D eigenvalue weighted by Gasteiger charge is -2.16. The summed E-state index contributed by atoms with van der Waals surface area (Å²) in [6.07, 6.45) is 1.23. The fourth-order valence-electron chi connectivity index (χ4n) is 1.73. The molecule has 1 fully saturated rings. The first-order valence-electron chi connectivity index (χ1n) is 4.75. The van der Waals surface area contributed by atoms with Crippen LogP contribution in [0.1, 0.15) is 18.4 Å². The number of rotatable bonds is 4. The van der Waals surface area contributed by atoms with Crippen LogP contribution in [0.25, 0.3) is 0 Å². The van der Waals surface area contributed by atoms with Crippen LogP contribution in [0.5, 0.6) is 0 Å². The van der Waals surface area contributed by atoms with Gasteiger partial charge in [-0.05, 0) is 12.8 Å². The number of carbonyl (C=O) groups excluding carboxylic acids is 1. The molecule has 0 amide bonds. The molecular weight excluding hydrogens is 269 g/mol. The van der Waals surface area contributed by atoms with E-state index < -0.39 is 10.5 Å². The average Bonchev–Trinajstić information content (AvgIpc) is 2.97. The van der Waals surface area contributed by atoms with Crippen molar-refractivity contribution in [2.75, 3.05) is 0 Å². The summed E-state index contributed by atoms with van der Waals surface area (Å²) in [4.78, 5) is 20.4. The minimum atomic E-state index is -0.801. The van der Waals surface area contributed by atoms with Gasteiger partial charge >= 0.3 is 0 Å². The Labute approximate surface area is 106 Å². The van der Waals surface area contributed by atoms with Gasteiger partial charge in [0.05, 0.1) is 15.0 Å². The highest BCUT2D eigenvalue weighted by Crippen LogP contribution is 2.54. The fourth-order valence-corrected chi connectivity index (χ4v) is 2.55. The molecule has 5 nitrogen and oxygen atoms in total. The molecular formula is C10H7Cl2NO4. The van der Waals surface area contributed by atoms with E-state index in [2.05, 4.69) is 0 Å². The highest BCUT2D eigenvalue weighted by molar-refractivity contribution is 6.36. The molecule has 0 aromatic heterocycles. The Morgan fingerprint density at radius 3 is 2.24 bits per heavy atom. The summed E-state index contributed by atoms with van der Waals surface area (Å²) in [6.45, 7) is 0.334. The van der Waals surface area contributed by atoms with Crippen molar-refractivity contribution >= 4 is 35.4 Å². The van der Waals surface area contributed by atoms with Crippen molar-refractivity contribution in [1.29, 1.82) is 0 Å². The second kappa shape index (κ2) is 4.16. The van der Waals surface area contributed by atoms with Crippen molar-refractivity contribution in [3.05, 3.63) is 37.9 Å². The van der Waals surface area contributed by atoms with E-state index in [0.717, 1.165) is 0 Å². The van der Waals surface area contributed by atoms with E-state index in [9.17, 15) is 14.9 Å². The highest BCUT2D eigenvalue weighted by Gasteiger charge is 2.50. The fraction of sp³-hybridized carbons (Fsp3) is 0.300. The number of nitro benzene ring substituents is 1. The number of benzene rings is 1. The van der Waals surface area contributed by atoms with Gasteiger partial charge in [0, 0.05) is 17.7 Å². The number of ether oxygens (including phenoxy) is 1. The van der Waals surface area contributed by atoms with Crippen LogP contribution in [0.15, 0.2) is 12.1 Å². The Morgan fingerprint density at radius 2 is 1.88 bits per heavy atom. The van der Waals surface area contributed by atoms with Gasteiger partial charge in [0.25, 0.3) is 12.2 Å². The molecule has 0 N–H and O–H groups in total. The first-order chi connectivity index (χ1) is 8.00. The van der Waals surface area contributed by atoms with Gasteiger partial charge in [-0.2, -0.15) is 0 Å². The van der Waals surface area contributed by atoms with Crippen LogP contribution in [-0.4, -0.2) is 11.4 Å². The maximum atomic E-state index is 10.6. The standard InChI is InChI=1S/C10H7Cl2NO4/c11-7-3-6(13(15)16)4-8(12)9(7)10(1-2-10)17-5-14/h3-5H,1-2H2. The predicted octanol–water partition coefficient (Wildman–Crippen LogP) is 3.06. The van der Waals surface area contributed by atoms with Gasteiger partial charge in [-0.1, -0.05) is 23.2 Å². The molecule has 0 bridgehead atoms. The number of nitrogens with zero attached hydrogens (tertiary/aromatic N) is 1. The zero-order valence-corrected chi connectivity index (χ0v) is 9.99. The molecule has 90 valence electrons. The van der Waals surface area contributed by atoms with Gasteiger partial charge in [-0.3, -0.25) is 14.9 Å². The van der Waals surface area contributed by atoms with Crippen LogP contribution in [-0.2, 0) is 15.1 Å². The minimum absolute atomic E-state index is 0.142. The first kappa shape index (κ1) is 12.1. The van der Waals surface area contributed by atoms with Crippen molar-refractivity contribution in [3.8, 4) is 0 Å². The largest absolute Gasteiger partial charge is 0.456 e. The molecule has 0 spiro atoms. The lowest BCUT2D eigenvalue weighted by atomic mass is 10.1. The molecule has 0 aliphatic heterocycles. The van der Waals surface area contributed by atoms with E-state index in [1.165, 1.54) is 12.1 Å². The van der Waals surface area contributed by atoms with Crippen molar-refractivity contribution in [2.24, 2.45) is 0 Å². The topological polar surface area (TPSA) is 69.4 Å². The molecule has 0 heterocycles. The van der Waals surface area contributed by atoms with E-state index in [4.69, 9.17) is 27.9 Å². The molecule has 1 aliphatic rings. The maximum absolute atomic E-state index is 10.6. The van der Waals surface area contributed by atoms with Gasteiger partial charge in [-0.15, -0.1) is 0 Å². The number of non-ortho nitro benzene ring substituents is 1. The zero-order chi connectivity index (χ0) is 12.6. The smallest absolute Gasteiger partial charge is 0.293 e. The number of halogens is 2. The van der Waals surface area contributed by atoms with Gasteiger partial charge in [-0.25, -0.2) is 0 Å². The van der Waals surface area contributed by atoms with Crippen LogP contribution < -0.4 is 0 Å². The Kier molecular flexibility index (Phi) is 2.97. The highest BCUT2D eigenvalue weighted by atomic mass is 35.5. The SMILES string of the molecule is O=COC1(c2c(Cl)cc([N+](=O)[O-])cc2Cl)CC1. The van der Waals surface area contributed by atoms with Crippen LogP contribution in [0, 0.1) is 10.1 Å². The molecule has 0 saturated heterocycles. The van der Waals surface area contributed by atoms with Gasteiger partial charge in [0.15, 0.2) is 0 Å². The summed E-state index contributed by atoms with van der Waals surface area (Å²) < 4.78 is 4.97. The van der Waals surface area contributed by atoms with E-state index in [0.29, 0.717) is 24.9 Å². The van der Waals surface area contributed by atoms with Crippen LogP contribution in [0.3, 0.4) is 0 Å². The Bertz CT molecular complexity index is 476. The Morgan fingerprint density at radius 1 is 1.35 bits per heavy atom. The third-order valence-corrected chi connectivity index (χ3v) is 3.27. The van der Waals surface area contributed by atoms with Crippen LogP contribution in [0.2, 0.25) is 10.0 Å². The van der Waals surface area contributed by atoms with E-state index in [1.807, 2.05) is 0 Å². The van der Waals surface area contributed by atoms with Crippen molar-refractivity contribution < 1.29 is 14.5 Å². The molecule has 0 atom stereocenters. The molecule has 1 saturated carbocycles. The summed E-state index contributed by atoms with van der Waals surface area (Å²) in [5, 5.41) is 10.9. The second-order valence-electron chi connectivity index (χ2n) is 3.75. The Balaban J connectivity index is 2.49. The quantitative estimate of drug-likeness (QED) is 0.481. The van der Waals surface area contributed by atoms with E-state index >= 15 is 0 Å². The molecule has 1 aromatic rings. The summed E-state index contributed by atoms with van der Waals surface area (Å²) in [5.41, 5.74) is -0.547. The maximum Gasteiger partial charge on any atom is 0.293 e.